The lowest BCUT2D eigenvalue weighted by molar-refractivity contribution is -0.147. The number of carboxylic acids is 2. The fourth-order valence-electron chi connectivity index (χ4n) is 5.89. The predicted octanol–water partition coefficient (Wildman–Crippen LogP) is 4.73. The molecule has 4 heterocycles. The Hall–Kier alpha value is -4.81. The van der Waals surface area contributed by atoms with E-state index in [-0.39, 0.29) is 24.0 Å². The number of benzene rings is 2. The monoisotopic (exact) mass is 603 g/mol. The van der Waals surface area contributed by atoms with Gasteiger partial charge in [0, 0.05) is 35.7 Å². The summed E-state index contributed by atoms with van der Waals surface area (Å²) in [5, 5.41) is 21.2. The highest BCUT2D eigenvalue weighted by atomic mass is 35.5. The van der Waals surface area contributed by atoms with E-state index in [2.05, 4.69) is 15.0 Å². The number of carboxylic acid groups (broad SMARTS) is 2. The van der Waals surface area contributed by atoms with Crippen LogP contribution in [0.2, 0.25) is 5.28 Å². The smallest absolute Gasteiger partial charge is 0.303 e. The number of imidazole rings is 1. The third kappa shape index (κ3) is 5.42. The molecule has 13 heteroatoms. The molecule has 2 aromatic carbocycles. The minimum atomic E-state index is -1.13. The quantitative estimate of drug-likeness (QED) is 0.178. The van der Waals surface area contributed by atoms with Crippen molar-refractivity contribution in [2.75, 3.05) is 6.61 Å². The average molecular weight is 604 g/mol. The van der Waals surface area contributed by atoms with Crippen molar-refractivity contribution in [3.8, 4) is 17.1 Å². The minimum Gasteiger partial charge on any atom is -0.481 e. The van der Waals surface area contributed by atoms with Crippen molar-refractivity contribution in [3.63, 3.8) is 0 Å². The number of aliphatic carboxylic acids is 2. The predicted molar refractivity (Wildman–Crippen MR) is 155 cm³/mol. The molecule has 3 aromatic heterocycles. The van der Waals surface area contributed by atoms with Crippen LogP contribution in [0.4, 0.5) is 0 Å². The summed E-state index contributed by atoms with van der Waals surface area (Å²) in [7, 11) is 0. The van der Waals surface area contributed by atoms with Crippen molar-refractivity contribution in [1.82, 2.24) is 24.1 Å². The standard InChI is InChI=1S/C30H26ClN5O7/c1-16(37)42-14-22-20(11-23(38)39)21(12-24(40)41)29(43-22)36-15-32-25-27(33-30(31)34-28(25)36)35-13-18-9-5-6-10-19(18)26(35)17-7-3-2-4-8-17/h2-10,13,15,20-22,29H,11-12,14H2,1H3,(H,38,39)(H,40,41)/t20-,21-,22+,29-/m1/s1. The van der Waals surface area contributed by atoms with Crippen LogP contribution in [-0.2, 0) is 23.9 Å². The minimum absolute atomic E-state index is 0.0765. The van der Waals surface area contributed by atoms with Gasteiger partial charge >= 0.3 is 17.9 Å². The van der Waals surface area contributed by atoms with E-state index in [4.69, 9.17) is 21.1 Å². The molecule has 1 aliphatic heterocycles. The SMILES string of the molecule is CC(=O)OC[C@@H]1O[C@@H](n2cnc3c(-n4cc5ccccc5c4-c4ccccc4)nc(Cl)nc32)[C@H](CC(=O)O)[C@H]1CC(=O)O. The highest BCUT2D eigenvalue weighted by Crippen LogP contribution is 2.45. The van der Waals surface area contributed by atoms with E-state index in [0.717, 1.165) is 22.0 Å². The number of carbonyl (C=O) groups excluding carboxylic acids is 1. The molecule has 6 rings (SSSR count). The molecular formula is C30H26ClN5O7. The molecule has 1 fully saturated rings. The number of nitrogens with zero attached hydrogens (tertiary/aromatic N) is 5. The Morgan fingerprint density at radius 2 is 1.67 bits per heavy atom. The van der Waals surface area contributed by atoms with Crippen molar-refractivity contribution >= 4 is 51.4 Å². The van der Waals surface area contributed by atoms with Gasteiger partial charge in [-0.3, -0.25) is 23.5 Å². The molecule has 0 spiro atoms. The van der Waals surface area contributed by atoms with Crippen molar-refractivity contribution in [2.24, 2.45) is 11.8 Å². The maximum atomic E-state index is 11.9. The number of halogens is 1. The zero-order valence-corrected chi connectivity index (χ0v) is 23.6. The summed E-state index contributed by atoms with van der Waals surface area (Å²) in [6.45, 7) is 0.996. The lowest BCUT2D eigenvalue weighted by Crippen LogP contribution is -2.29. The molecule has 220 valence electrons. The average Bonchev–Trinajstić information content (AvgIpc) is 3.65. The second kappa shape index (κ2) is 11.5. The zero-order chi connectivity index (χ0) is 30.2. The fraction of sp³-hybridized carbons (Fsp3) is 0.267. The van der Waals surface area contributed by atoms with Crippen LogP contribution in [0, 0.1) is 11.8 Å². The number of hydrogen-bond acceptors (Lipinski definition) is 8. The summed E-state index contributed by atoms with van der Waals surface area (Å²) in [4.78, 5) is 48.8. The first-order valence-corrected chi connectivity index (χ1v) is 13.9. The lowest BCUT2D eigenvalue weighted by atomic mass is 9.84. The van der Waals surface area contributed by atoms with Gasteiger partial charge in [-0.15, -0.1) is 0 Å². The van der Waals surface area contributed by atoms with Gasteiger partial charge in [0.05, 0.1) is 31.0 Å². The molecule has 0 aliphatic carbocycles. The first-order valence-electron chi connectivity index (χ1n) is 13.5. The third-order valence-corrected chi connectivity index (χ3v) is 7.80. The summed E-state index contributed by atoms with van der Waals surface area (Å²) in [6, 6.07) is 17.7. The van der Waals surface area contributed by atoms with Crippen LogP contribution in [0.1, 0.15) is 26.0 Å². The number of carbonyl (C=O) groups is 3. The van der Waals surface area contributed by atoms with Crippen LogP contribution in [0.5, 0.6) is 0 Å². The van der Waals surface area contributed by atoms with E-state index in [1.165, 1.54) is 13.3 Å². The van der Waals surface area contributed by atoms with Gasteiger partial charge in [0.2, 0.25) is 5.28 Å². The first-order chi connectivity index (χ1) is 20.7. The number of hydrogen-bond donors (Lipinski definition) is 2. The van der Waals surface area contributed by atoms with Crippen LogP contribution in [0.15, 0.2) is 67.1 Å². The Morgan fingerprint density at radius 1 is 0.977 bits per heavy atom. The van der Waals surface area contributed by atoms with Gasteiger partial charge in [-0.2, -0.15) is 9.97 Å². The molecule has 0 saturated carbocycles. The van der Waals surface area contributed by atoms with Gasteiger partial charge in [-0.05, 0) is 17.2 Å². The molecule has 43 heavy (non-hydrogen) atoms. The molecule has 1 saturated heterocycles. The molecule has 0 bridgehead atoms. The Morgan fingerprint density at radius 3 is 2.40 bits per heavy atom. The summed E-state index contributed by atoms with van der Waals surface area (Å²) in [5.74, 6) is -4.01. The Balaban J connectivity index is 1.51. The third-order valence-electron chi connectivity index (χ3n) is 7.63. The lowest BCUT2D eigenvalue weighted by Gasteiger charge is -2.22. The van der Waals surface area contributed by atoms with Crippen molar-refractivity contribution < 1.29 is 34.1 Å². The first kappa shape index (κ1) is 28.3. The van der Waals surface area contributed by atoms with E-state index in [1.54, 1.807) is 4.57 Å². The summed E-state index contributed by atoms with van der Waals surface area (Å²) >= 11 is 6.49. The molecular weight excluding hydrogens is 578 g/mol. The topological polar surface area (TPSA) is 159 Å². The van der Waals surface area contributed by atoms with Gasteiger partial charge < -0.3 is 19.7 Å². The summed E-state index contributed by atoms with van der Waals surface area (Å²) in [5.41, 5.74) is 2.45. The molecule has 1 aliphatic rings. The van der Waals surface area contributed by atoms with Gasteiger partial charge in [0.25, 0.3) is 0 Å². The molecule has 0 amide bonds. The number of esters is 1. The molecule has 0 unspecified atom stereocenters. The van der Waals surface area contributed by atoms with Crippen LogP contribution >= 0.6 is 11.6 Å². The Bertz CT molecular complexity index is 1850. The van der Waals surface area contributed by atoms with Gasteiger partial charge in [-0.25, -0.2) is 4.98 Å². The molecule has 12 nitrogen and oxygen atoms in total. The van der Waals surface area contributed by atoms with Gasteiger partial charge in [-0.1, -0.05) is 54.6 Å². The van der Waals surface area contributed by atoms with Gasteiger partial charge in [0.1, 0.15) is 12.8 Å². The van der Waals surface area contributed by atoms with E-state index in [9.17, 15) is 24.6 Å². The second-order valence-corrected chi connectivity index (χ2v) is 10.7. The van der Waals surface area contributed by atoms with Crippen LogP contribution in [0.3, 0.4) is 0 Å². The van der Waals surface area contributed by atoms with Crippen molar-refractivity contribution in [1.29, 1.82) is 0 Å². The largest absolute Gasteiger partial charge is 0.481 e. The summed E-state index contributed by atoms with van der Waals surface area (Å²) in [6.07, 6.45) is 0.753. The maximum absolute atomic E-state index is 11.9. The van der Waals surface area contributed by atoms with E-state index in [0.29, 0.717) is 11.3 Å². The van der Waals surface area contributed by atoms with E-state index < -0.39 is 48.5 Å². The van der Waals surface area contributed by atoms with Crippen molar-refractivity contribution in [3.05, 3.63) is 72.4 Å². The zero-order valence-electron chi connectivity index (χ0n) is 22.8. The van der Waals surface area contributed by atoms with E-state index >= 15 is 0 Å². The fourth-order valence-corrected chi connectivity index (χ4v) is 6.05. The highest BCUT2D eigenvalue weighted by Gasteiger charge is 2.48. The molecule has 2 N–H and O–H groups in total. The second-order valence-electron chi connectivity index (χ2n) is 10.3. The van der Waals surface area contributed by atoms with E-state index in [1.807, 2.05) is 65.4 Å². The van der Waals surface area contributed by atoms with Crippen LogP contribution < -0.4 is 0 Å². The van der Waals surface area contributed by atoms with Crippen LogP contribution in [-0.4, -0.2) is 64.9 Å². The number of ether oxygens (including phenoxy) is 2. The Labute approximate surface area is 249 Å². The summed E-state index contributed by atoms with van der Waals surface area (Å²) < 4.78 is 14.8. The maximum Gasteiger partial charge on any atom is 0.303 e. The molecule has 4 atom stereocenters. The molecule has 0 radical (unpaired) electrons. The normalized spacial score (nSPS) is 20.0. The number of aromatic nitrogens is 5. The highest BCUT2D eigenvalue weighted by molar-refractivity contribution is 6.28. The number of rotatable bonds is 9. The molecule has 5 aromatic rings. The Kier molecular flexibility index (Phi) is 7.55. The van der Waals surface area contributed by atoms with Crippen LogP contribution in [0.25, 0.3) is 39.0 Å². The number of fused-ring (bicyclic) bond motifs is 2. The van der Waals surface area contributed by atoms with Gasteiger partial charge in [0.15, 0.2) is 17.0 Å². The van der Waals surface area contributed by atoms with Crippen molar-refractivity contribution in [2.45, 2.75) is 32.1 Å².